The van der Waals surface area contributed by atoms with E-state index in [4.69, 9.17) is 0 Å². The van der Waals surface area contributed by atoms with E-state index in [0.717, 1.165) is 10.1 Å². The van der Waals surface area contributed by atoms with Crippen LogP contribution in [-0.2, 0) is 10.0 Å². The molecule has 2 rings (SSSR count). The first-order chi connectivity index (χ1) is 7.53. The summed E-state index contributed by atoms with van der Waals surface area (Å²) in [6, 6.07) is 8.63. The lowest BCUT2D eigenvalue weighted by molar-refractivity contribution is 0.439. The molecule has 6 heteroatoms. The Morgan fingerprint density at radius 2 is 2.06 bits per heavy atom. The highest BCUT2D eigenvalue weighted by atomic mass is 32.2. The van der Waals surface area contributed by atoms with Crippen LogP contribution in [0, 0.1) is 0 Å². The Morgan fingerprint density at radius 3 is 2.75 bits per heavy atom. The third kappa shape index (κ3) is 1.83. The normalized spacial score (nSPS) is 11.8. The van der Waals surface area contributed by atoms with E-state index < -0.39 is 10.0 Å². The topological polar surface area (TPSA) is 71.3 Å². The third-order valence-electron chi connectivity index (χ3n) is 2.30. The number of hydrogen-bond donors (Lipinski definition) is 2. The van der Waals surface area contributed by atoms with Crippen LogP contribution in [0.4, 0.5) is 0 Å². The molecule has 0 atom stereocenters. The van der Waals surface area contributed by atoms with Crippen LogP contribution in [-0.4, -0.2) is 24.0 Å². The molecule has 16 heavy (non-hydrogen) atoms. The summed E-state index contributed by atoms with van der Waals surface area (Å²) in [5.41, 5.74) is 0.622. The monoisotopic (exact) mass is 240 g/mol. The highest BCUT2D eigenvalue weighted by molar-refractivity contribution is 7.92. The minimum absolute atomic E-state index is 0.0427. The highest BCUT2D eigenvalue weighted by Gasteiger charge is 2.12. The average Bonchev–Trinajstić information content (AvgIpc) is 2.56. The Kier molecular flexibility index (Phi) is 2.51. The first kappa shape index (κ1) is 10.8. The number of nitrogens with zero attached hydrogens (tertiary/aromatic N) is 1. The number of fused-ring (bicyclic) bond motifs is 1. The Morgan fingerprint density at radius 1 is 1.38 bits per heavy atom. The molecule has 86 valence electrons. The smallest absolute Gasteiger partial charge is 0.246 e. The van der Waals surface area contributed by atoms with Crippen LogP contribution in [0.3, 0.4) is 0 Å². The van der Waals surface area contributed by atoms with E-state index in [1.165, 1.54) is 13.0 Å². The molecule has 0 saturated carbocycles. The van der Waals surface area contributed by atoms with Gasteiger partial charge >= 0.3 is 0 Å². The van der Waals surface area contributed by atoms with Crippen LogP contribution in [0.5, 0.6) is 5.88 Å². The molecule has 1 aromatic heterocycles. The summed E-state index contributed by atoms with van der Waals surface area (Å²) < 4.78 is 24.0. The van der Waals surface area contributed by atoms with Gasteiger partial charge in [-0.25, -0.2) is 17.9 Å². The molecule has 2 N–H and O–H groups in total. The molecule has 0 aliphatic carbocycles. The van der Waals surface area contributed by atoms with Gasteiger partial charge < -0.3 is 5.11 Å². The van der Waals surface area contributed by atoms with Crippen molar-refractivity contribution in [3.63, 3.8) is 0 Å². The zero-order valence-corrected chi connectivity index (χ0v) is 9.53. The van der Waals surface area contributed by atoms with Crippen molar-refractivity contribution in [2.24, 2.45) is 0 Å². The number of aromatic nitrogens is 1. The molecular formula is C10H12N2O3S. The zero-order chi connectivity index (χ0) is 11.8. The fourth-order valence-corrected chi connectivity index (χ4v) is 2.04. The molecule has 0 fully saturated rings. The SMILES string of the molecule is CCS(=O)(=O)Nn1c(O)cc2ccccc21. The molecule has 0 aliphatic heterocycles. The minimum atomic E-state index is -3.40. The van der Waals surface area contributed by atoms with Crippen LogP contribution in [0.15, 0.2) is 30.3 Å². The van der Waals surface area contributed by atoms with Crippen molar-refractivity contribution in [2.45, 2.75) is 6.92 Å². The van der Waals surface area contributed by atoms with Crippen LogP contribution >= 0.6 is 0 Å². The Labute approximate surface area is 93.3 Å². The number of hydrogen-bond acceptors (Lipinski definition) is 3. The predicted octanol–water partition coefficient (Wildman–Crippen LogP) is 1.24. The van der Waals surface area contributed by atoms with Crippen LogP contribution in [0.2, 0.25) is 0 Å². The van der Waals surface area contributed by atoms with Crippen molar-refractivity contribution in [3.8, 4) is 5.88 Å². The molecule has 0 unspecified atom stereocenters. The molecule has 0 radical (unpaired) electrons. The molecule has 0 spiro atoms. The molecule has 0 saturated heterocycles. The first-order valence-corrected chi connectivity index (χ1v) is 6.48. The third-order valence-corrected chi connectivity index (χ3v) is 3.52. The molecule has 1 heterocycles. The number of benzene rings is 1. The standard InChI is InChI=1S/C10H12N2O3S/c1-2-16(14,15)11-12-9-6-4-3-5-8(9)7-10(12)13/h3-7,11,13H,2H2,1H3. The largest absolute Gasteiger partial charge is 0.493 e. The number of rotatable bonds is 3. The maximum Gasteiger partial charge on any atom is 0.246 e. The van der Waals surface area contributed by atoms with Crippen molar-refractivity contribution in [1.29, 1.82) is 0 Å². The van der Waals surface area contributed by atoms with Gasteiger partial charge in [-0.2, -0.15) is 0 Å². The van der Waals surface area contributed by atoms with Gasteiger partial charge in [0.05, 0.1) is 11.3 Å². The number of para-hydroxylation sites is 1. The summed E-state index contributed by atoms with van der Waals surface area (Å²) >= 11 is 0. The maximum absolute atomic E-state index is 11.4. The van der Waals surface area contributed by atoms with E-state index in [1.807, 2.05) is 6.07 Å². The number of sulfonamides is 1. The van der Waals surface area contributed by atoms with E-state index in [-0.39, 0.29) is 11.6 Å². The second-order valence-electron chi connectivity index (χ2n) is 3.39. The molecule has 5 nitrogen and oxygen atoms in total. The van der Waals surface area contributed by atoms with Crippen molar-refractivity contribution in [3.05, 3.63) is 30.3 Å². The number of nitrogens with one attached hydrogen (secondary N) is 1. The fourth-order valence-electron chi connectivity index (χ4n) is 1.44. The summed E-state index contributed by atoms with van der Waals surface area (Å²) in [6.07, 6.45) is 0. The highest BCUT2D eigenvalue weighted by Crippen LogP contribution is 2.22. The van der Waals surface area contributed by atoms with Gasteiger partial charge in [0.15, 0.2) is 0 Å². The Bertz CT molecular complexity index is 616. The number of aromatic hydroxyl groups is 1. The summed E-state index contributed by atoms with van der Waals surface area (Å²) in [7, 11) is -3.40. The van der Waals surface area contributed by atoms with Gasteiger partial charge in [0.25, 0.3) is 0 Å². The molecule has 0 amide bonds. The minimum Gasteiger partial charge on any atom is -0.493 e. The average molecular weight is 240 g/mol. The van der Waals surface area contributed by atoms with Gasteiger partial charge in [0, 0.05) is 11.5 Å². The first-order valence-electron chi connectivity index (χ1n) is 4.83. The quantitative estimate of drug-likeness (QED) is 0.848. The second kappa shape index (κ2) is 3.71. The molecule has 2 aromatic rings. The Hall–Kier alpha value is -1.69. The molecule has 0 aliphatic rings. The zero-order valence-electron chi connectivity index (χ0n) is 8.71. The van der Waals surface area contributed by atoms with Gasteiger partial charge in [-0.15, -0.1) is 0 Å². The summed E-state index contributed by atoms with van der Waals surface area (Å²) in [4.78, 5) is 2.30. The molecule has 0 bridgehead atoms. The Balaban J connectivity index is 2.56. The van der Waals surface area contributed by atoms with Crippen LogP contribution < -0.4 is 4.83 Å². The van der Waals surface area contributed by atoms with Gasteiger partial charge in [0.2, 0.25) is 15.9 Å². The molecule has 1 aromatic carbocycles. The fraction of sp³-hybridized carbons (Fsp3) is 0.200. The van der Waals surface area contributed by atoms with E-state index in [0.29, 0.717) is 5.52 Å². The second-order valence-corrected chi connectivity index (χ2v) is 5.38. The van der Waals surface area contributed by atoms with E-state index in [9.17, 15) is 13.5 Å². The lowest BCUT2D eigenvalue weighted by Crippen LogP contribution is -2.24. The van der Waals surface area contributed by atoms with Crippen LogP contribution in [0.25, 0.3) is 10.9 Å². The van der Waals surface area contributed by atoms with Crippen molar-refractivity contribution in [2.75, 3.05) is 10.6 Å². The van der Waals surface area contributed by atoms with E-state index in [1.54, 1.807) is 18.2 Å². The van der Waals surface area contributed by atoms with E-state index in [2.05, 4.69) is 4.83 Å². The van der Waals surface area contributed by atoms with Crippen molar-refractivity contribution >= 4 is 20.9 Å². The van der Waals surface area contributed by atoms with Gasteiger partial charge in [0.1, 0.15) is 0 Å². The van der Waals surface area contributed by atoms with Crippen molar-refractivity contribution < 1.29 is 13.5 Å². The predicted molar refractivity (Wildman–Crippen MR) is 62.4 cm³/mol. The summed E-state index contributed by atoms with van der Waals surface area (Å²) in [6.45, 7) is 1.53. The maximum atomic E-state index is 11.4. The molecular weight excluding hydrogens is 228 g/mol. The lowest BCUT2D eigenvalue weighted by Gasteiger charge is -2.09. The van der Waals surface area contributed by atoms with Crippen molar-refractivity contribution in [1.82, 2.24) is 4.68 Å². The summed E-state index contributed by atoms with van der Waals surface area (Å²) in [5.74, 6) is -0.169. The van der Waals surface area contributed by atoms with Gasteiger partial charge in [-0.3, -0.25) is 0 Å². The van der Waals surface area contributed by atoms with E-state index >= 15 is 0 Å². The van der Waals surface area contributed by atoms with Crippen LogP contribution in [0.1, 0.15) is 6.92 Å². The summed E-state index contributed by atoms with van der Waals surface area (Å²) in [5, 5.41) is 10.4. The lowest BCUT2D eigenvalue weighted by atomic mass is 10.3. The van der Waals surface area contributed by atoms with Gasteiger partial charge in [-0.05, 0) is 13.0 Å². The van der Waals surface area contributed by atoms with Gasteiger partial charge in [-0.1, -0.05) is 18.2 Å².